The van der Waals surface area contributed by atoms with Crippen molar-refractivity contribution in [1.82, 2.24) is 19.2 Å². The van der Waals surface area contributed by atoms with Crippen molar-refractivity contribution in [2.45, 2.75) is 50.2 Å². The molecule has 0 bridgehead atoms. The topological polar surface area (TPSA) is 67.2 Å². The molecule has 6 nitrogen and oxygen atoms in total. The van der Waals surface area contributed by atoms with Gasteiger partial charge in [-0.25, -0.2) is 13.4 Å². The van der Waals surface area contributed by atoms with Crippen LogP contribution in [0.3, 0.4) is 0 Å². The zero-order valence-corrected chi connectivity index (χ0v) is 13.2. The van der Waals surface area contributed by atoms with Crippen molar-refractivity contribution < 1.29 is 8.42 Å². The number of imidazole rings is 1. The maximum Gasteiger partial charge on any atom is 0.262 e. The van der Waals surface area contributed by atoms with Crippen LogP contribution in [0.1, 0.15) is 33.1 Å². The summed E-state index contributed by atoms with van der Waals surface area (Å²) in [6.07, 6.45) is 5.99. The molecule has 20 heavy (non-hydrogen) atoms. The summed E-state index contributed by atoms with van der Waals surface area (Å²) in [5.41, 5.74) is 0. The highest BCUT2D eigenvalue weighted by Gasteiger charge is 2.37. The number of likely N-dealkylation sites (N-methyl/N-ethyl adjacent to an activating group) is 1. The molecule has 2 heterocycles. The maximum absolute atomic E-state index is 12.7. The summed E-state index contributed by atoms with van der Waals surface area (Å²) >= 11 is 0. The molecule has 2 unspecified atom stereocenters. The molecule has 0 amide bonds. The van der Waals surface area contributed by atoms with E-state index in [-0.39, 0.29) is 17.1 Å². The molecule has 1 saturated heterocycles. The molecule has 114 valence electrons. The third-order valence-electron chi connectivity index (χ3n) is 3.86. The number of hydrogen-bond donors (Lipinski definition) is 1. The van der Waals surface area contributed by atoms with Crippen molar-refractivity contribution >= 4 is 10.0 Å². The minimum absolute atomic E-state index is 0.00991. The van der Waals surface area contributed by atoms with E-state index in [4.69, 9.17) is 0 Å². The van der Waals surface area contributed by atoms with Crippen molar-refractivity contribution in [2.24, 2.45) is 7.05 Å². The molecule has 2 atom stereocenters. The lowest BCUT2D eigenvalue weighted by molar-refractivity contribution is 0.209. The van der Waals surface area contributed by atoms with E-state index in [0.717, 1.165) is 25.8 Å². The molecule has 0 radical (unpaired) electrons. The minimum Gasteiger partial charge on any atom is -0.339 e. The molecular formula is C13H24N4O2S. The molecule has 7 heteroatoms. The molecule has 1 N–H and O–H groups in total. The van der Waals surface area contributed by atoms with Gasteiger partial charge in [0.1, 0.15) is 0 Å². The highest BCUT2D eigenvalue weighted by atomic mass is 32.2. The van der Waals surface area contributed by atoms with Crippen LogP contribution in [0.4, 0.5) is 0 Å². The first-order chi connectivity index (χ1) is 9.46. The van der Waals surface area contributed by atoms with Gasteiger partial charge in [-0.15, -0.1) is 0 Å². The number of rotatable bonds is 5. The Kier molecular flexibility index (Phi) is 4.82. The third kappa shape index (κ3) is 3.05. The fourth-order valence-corrected chi connectivity index (χ4v) is 4.56. The molecule has 0 aliphatic carbocycles. The Labute approximate surface area is 121 Å². The third-order valence-corrected chi connectivity index (χ3v) is 5.67. The number of sulfonamides is 1. The molecule has 2 rings (SSSR count). The van der Waals surface area contributed by atoms with Crippen LogP contribution in [-0.2, 0) is 17.1 Å². The number of aryl methyl sites for hydroxylation is 1. The van der Waals surface area contributed by atoms with E-state index in [1.165, 1.54) is 6.33 Å². The number of hydrogen-bond acceptors (Lipinski definition) is 4. The first-order valence-electron chi connectivity index (χ1n) is 7.20. The number of nitrogens with one attached hydrogen (secondary N) is 1. The highest BCUT2D eigenvalue weighted by Crippen LogP contribution is 2.26. The molecule has 0 saturated carbocycles. The molecule has 1 fully saturated rings. The Bertz CT molecular complexity index is 540. The summed E-state index contributed by atoms with van der Waals surface area (Å²) in [5, 5.41) is 3.49. The molecule has 0 aromatic carbocycles. The first-order valence-corrected chi connectivity index (χ1v) is 8.64. The summed E-state index contributed by atoms with van der Waals surface area (Å²) in [5.74, 6) is 0. The monoisotopic (exact) mass is 300 g/mol. The number of aromatic nitrogens is 2. The highest BCUT2D eigenvalue weighted by molar-refractivity contribution is 7.89. The Morgan fingerprint density at radius 2 is 2.25 bits per heavy atom. The molecule has 1 aromatic rings. The van der Waals surface area contributed by atoms with Crippen LogP contribution >= 0.6 is 0 Å². The van der Waals surface area contributed by atoms with Crippen LogP contribution in [0.25, 0.3) is 0 Å². The SMILES string of the molecule is CCNC(C)C1CCCCN1S(=O)(=O)c1cn(C)cn1. The van der Waals surface area contributed by atoms with Gasteiger partial charge < -0.3 is 9.88 Å². The van der Waals surface area contributed by atoms with Gasteiger partial charge in [-0.1, -0.05) is 13.3 Å². The average molecular weight is 300 g/mol. The predicted molar refractivity (Wildman–Crippen MR) is 77.9 cm³/mol. The fraction of sp³-hybridized carbons (Fsp3) is 0.769. The second kappa shape index (κ2) is 6.24. The van der Waals surface area contributed by atoms with Gasteiger partial charge in [0.2, 0.25) is 0 Å². The van der Waals surface area contributed by atoms with E-state index in [0.29, 0.717) is 6.54 Å². The summed E-state index contributed by atoms with van der Waals surface area (Å²) in [6, 6.07) is 0.162. The molecular weight excluding hydrogens is 276 g/mol. The van der Waals surface area contributed by atoms with Crippen molar-refractivity contribution in [2.75, 3.05) is 13.1 Å². The first kappa shape index (κ1) is 15.5. The van der Waals surface area contributed by atoms with Crippen molar-refractivity contribution in [1.29, 1.82) is 0 Å². The maximum atomic E-state index is 12.7. The van der Waals surface area contributed by atoms with Crippen LogP contribution in [-0.4, -0.2) is 47.4 Å². The van der Waals surface area contributed by atoms with Crippen LogP contribution in [0.5, 0.6) is 0 Å². The summed E-state index contributed by atoms with van der Waals surface area (Å²) in [6.45, 7) is 5.52. The average Bonchev–Trinajstić information content (AvgIpc) is 2.86. The van der Waals surface area contributed by atoms with Crippen LogP contribution in [0.2, 0.25) is 0 Å². The van der Waals surface area contributed by atoms with Gasteiger partial charge in [-0.2, -0.15) is 4.31 Å². The molecule has 1 aliphatic heterocycles. The Morgan fingerprint density at radius 1 is 1.50 bits per heavy atom. The molecule has 0 spiro atoms. The van der Waals surface area contributed by atoms with Crippen LogP contribution in [0.15, 0.2) is 17.6 Å². The lowest BCUT2D eigenvalue weighted by Crippen LogP contribution is -2.53. The number of piperidine rings is 1. The van der Waals surface area contributed by atoms with Gasteiger partial charge in [0.05, 0.1) is 6.33 Å². The van der Waals surface area contributed by atoms with Gasteiger partial charge >= 0.3 is 0 Å². The van der Waals surface area contributed by atoms with E-state index in [1.807, 2.05) is 6.92 Å². The smallest absolute Gasteiger partial charge is 0.262 e. The fourth-order valence-electron chi connectivity index (χ4n) is 2.83. The number of nitrogens with zero attached hydrogens (tertiary/aromatic N) is 3. The molecule has 1 aromatic heterocycles. The van der Waals surface area contributed by atoms with E-state index < -0.39 is 10.0 Å². The van der Waals surface area contributed by atoms with Gasteiger partial charge in [0.25, 0.3) is 10.0 Å². The van der Waals surface area contributed by atoms with E-state index in [9.17, 15) is 8.42 Å². The van der Waals surface area contributed by atoms with Crippen molar-refractivity contribution in [3.63, 3.8) is 0 Å². The van der Waals surface area contributed by atoms with Crippen molar-refractivity contribution in [3.05, 3.63) is 12.5 Å². The second-order valence-corrected chi connectivity index (χ2v) is 7.24. The van der Waals surface area contributed by atoms with Gasteiger partial charge in [0.15, 0.2) is 5.03 Å². The minimum atomic E-state index is -3.49. The van der Waals surface area contributed by atoms with Gasteiger partial charge in [-0.05, 0) is 26.3 Å². The van der Waals surface area contributed by atoms with Gasteiger partial charge in [0, 0.05) is 31.9 Å². The largest absolute Gasteiger partial charge is 0.339 e. The second-order valence-electron chi connectivity index (χ2n) is 5.40. The summed E-state index contributed by atoms with van der Waals surface area (Å²) in [4.78, 5) is 4.02. The summed E-state index contributed by atoms with van der Waals surface area (Å²) in [7, 11) is -1.71. The van der Waals surface area contributed by atoms with Crippen LogP contribution in [0, 0.1) is 0 Å². The lowest BCUT2D eigenvalue weighted by atomic mass is 9.99. The Morgan fingerprint density at radius 3 is 2.85 bits per heavy atom. The quantitative estimate of drug-likeness (QED) is 0.879. The normalized spacial score (nSPS) is 22.9. The zero-order valence-electron chi connectivity index (χ0n) is 12.4. The van der Waals surface area contributed by atoms with E-state index in [1.54, 1.807) is 22.1 Å². The van der Waals surface area contributed by atoms with Crippen molar-refractivity contribution in [3.8, 4) is 0 Å². The predicted octanol–water partition coefficient (Wildman–Crippen LogP) is 0.961. The standard InChI is InChI=1S/C13H24N4O2S/c1-4-14-11(2)12-7-5-6-8-17(12)20(18,19)13-9-16(3)10-15-13/h9-12,14H,4-8H2,1-3H3. The lowest BCUT2D eigenvalue weighted by Gasteiger charge is -2.37. The van der Waals surface area contributed by atoms with Crippen LogP contribution < -0.4 is 5.32 Å². The Hall–Kier alpha value is -0.920. The summed E-state index contributed by atoms with van der Waals surface area (Å²) < 4.78 is 28.8. The van der Waals surface area contributed by atoms with E-state index >= 15 is 0 Å². The van der Waals surface area contributed by atoms with Gasteiger partial charge in [-0.3, -0.25) is 0 Å². The van der Waals surface area contributed by atoms with E-state index in [2.05, 4.69) is 17.2 Å². The zero-order chi connectivity index (χ0) is 14.8. The Balaban J connectivity index is 2.27. The molecule has 1 aliphatic rings.